The quantitative estimate of drug-likeness (QED) is 0.0470. The molecule has 2 radical (unpaired) electrons. The van der Waals surface area contributed by atoms with Crippen molar-refractivity contribution >= 4 is 37.6 Å². The second-order valence-electron chi connectivity index (χ2n) is 17.6. The molecule has 7 rings (SSSR count). The van der Waals surface area contributed by atoms with Crippen molar-refractivity contribution in [2.75, 3.05) is 20.5 Å². The number of rotatable bonds is 13. The van der Waals surface area contributed by atoms with Gasteiger partial charge in [0.1, 0.15) is 35.6 Å². The Morgan fingerprint density at radius 3 is 2.00 bits per heavy atom. The van der Waals surface area contributed by atoms with E-state index >= 15 is 4.79 Å². The van der Waals surface area contributed by atoms with Crippen LogP contribution in [0.25, 0.3) is 0 Å². The van der Waals surface area contributed by atoms with Gasteiger partial charge in [-0.15, -0.1) is 0 Å². The Balaban J connectivity index is 0.00000432. The number of carbonyl (C=O) groups excluding carboxylic acids is 5. The Kier molecular flexibility index (Phi) is 18.4. The van der Waals surface area contributed by atoms with E-state index in [1.807, 2.05) is 0 Å². The summed E-state index contributed by atoms with van der Waals surface area (Å²) in [6, 6.07) is 22.3. The van der Waals surface area contributed by atoms with E-state index in [4.69, 9.17) is 28.4 Å². The smallest absolute Gasteiger partial charge is 0.455 e. The number of fused-ring (bicyclic) bond motifs is 5. The van der Waals surface area contributed by atoms with Gasteiger partial charge in [-0.2, -0.15) is 0 Å². The van der Waals surface area contributed by atoms with Crippen molar-refractivity contribution in [2.24, 2.45) is 16.7 Å². The van der Waals surface area contributed by atoms with Crippen LogP contribution in [-0.4, -0.2) is 123 Å². The number of hydrogen-bond donors (Lipinski definition) is 6. The first-order valence-corrected chi connectivity index (χ1v) is 22.5. The van der Waals surface area contributed by atoms with Crippen LogP contribution in [0, 0.1) is 105 Å². The molecule has 9 unspecified atom stereocenters. The maximum Gasteiger partial charge on any atom is 0.508 e. The molecule has 6 N–H and O–H groups in total. The standard InChI is InChI=1S/C46H52NO18P.2Ac/c1-25-29(63-41(52)35(64-42(53)59-5)33(26-15-9-6-10-16-26)47-39(50)27-17-11-7-12-18-27)22-46(55)38(65-40(51)28-19-13-8-14-20-28)36-44(4,37(49)34(48)32(25)43(46,2)3)30(61-24-62-66(56,57)58)21-31-45(36,54)23-60-31;;/h6-20,29-31,33-36,38,48,54-55H,21-24H2,1-5H3,(H,47,50)(H2,56,57,58);;/t29?,30?,31?,33?,34?,35?,36?,38?,44-,45+,46?;;/m1../s1. The second kappa shape index (κ2) is 22.1. The molecule has 2 saturated carbocycles. The van der Waals surface area contributed by atoms with Gasteiger partial charge in [-0.3, -0.25) is 14.1 Å². The van der Waals surface area contributed by atoms with Crippen LogP contribution >= 0.6 is 7.82 Å². The number of phosphoric acid groups is 1. The summed E-state index contributed by atoms with van der Waals surface area (Å²) >= 11 is 0. The van der Waals surface area contributed by atoms with Gasteiger partial charge in [0.15, 0.2) is 12.6 Å². The number of Topliss-reactive ketones (excluding diaryl/α,β-unsaturated/α-hetero) is 1. The number of esters is 2. The first kappa shape index (κ1) is 56.5. The minimum atomic E-state index is -5.11. The third-order valence-electron chi connectivity index (χ3n) is 13.7. The van der Waals surface area contributed by atoms with Crippen LogP contribution in [-0.2, 0) is 47.1 Å². The van der Waals surface area contributed by atoms with Gasteiger partial charge in [0, 0.05) is 118 Å². The average molecular weight is 1390 g/mol. The van der Waals surface area contributed by atoms with Gasteiger partial charge >= 0.3 is 25.9 Å². The van der Waals surface area contributed by atoms with Crippen molar-refractivity contribution in [3.05, 3.63) is 119 Å². The van der Waals surface area contributed by atoms with Gasteiger partial charge in [-0.1, -0.05) is 80.6 Å². The minimum absolute atomic E-state index is 0. The van der Waals surface area contributed by atoms with Crippen molar-refractivity contribution in [2.45, 2.75) is 94.4 Å². The summed E-state index contributed by atoms with van der Waals surface area (Å²) in [4.78, 5) is 89.7. The third kappa shape index (κ3) is 10.7. The SMILES string of the molecule is COC(=O)OC(C(=O)OC1CC2(O)C(OC(=O)c3ccccc3)C3[C@]4(O)COC4CC(OCOP(=O)(O)O)[C@@]3(C)C(=O)C(O)C(=C1C)C2(C)C)C(NC(=O)c1ccccc1)c1ccccc1.[Ac].[Ac]. The zero-order valence-corrected chi connectivity index (χ0v) is 48.1. The Morgan fingerprint density at radius 2 is 1.46 bits per heavy atom. The maximum atomic E-state index is 15.3. The molecule has 2 bridgehead atoms. The fraction of sp³-hybridized carbons (Fsp3) is 0.457. The van der Waals surface area contributed by atoms with Crippen molar-refractivity contribution < 1.29 is 175 Å². The predicted molar refractivity (Wildman–Crippen MR) is 227 cm³/mol. The van der Waals surface area contributed by atoms with Crippen LogP contribution in [0.4, 0.5) is 4.79 Å². The number of nitrogens with one attached hydrogen (secondary N) is 1. The molecule has 3 aromatic carbocycles. The van der Waals surface area contributed by atoms with Gasteiger partial charge in [-0.05, 0) is 54.8 Å². The Bertz CT molecular complexity index is 2420. The van der Waals surface area contributed by atoms with Crippen LogP contribution in [0.1, 0.15) is 72.9 Å². The first-order chi connectivity index (χ1) is 31.1. The molecule has 3 aliphatic carbocycles. The fourth-order valence-electron chi connectivity index (χ4n) is 10.2. The van der Waals surface area contributed by atoms with Crippen LogP contribution < -0.4 is 5.32 Å². The van der Waals surface area contributed by atoms with Crippen molar-refractivity contribution in [1.82, 2.24) is 5.32 Å². The molecule has 0 aromatic heterocycles. The summed E-state index contributed by atoms with van der Waals surface area (Å²) in [6.45, 7) is 4.26. The molecule has 4 aliphatic rings. The summed E-state index contributed by atoms with van der Waals surface area (Å²) in [5.41, 5.74) is -8.01. The van der Waals surface area contributed by atoms with E-state index in [0.717, 1.165) is 7.11 Å². The molecule has 3 fully saturated rings. The molecule has 0 spiro atoms. The van der Waals surface area contributed by atoms with E-state index in [9.17, 15) is 48.8 Å². The average Bonchev–Trinajstić information content (AvgIpc) is 3.28. The van der Waals surface area contributed by atoms with Gasteiger partial charge < -0.3 is 58.8 Å². The molecule has 3 aromatic rings. The Morgan fingerprint density at radius 1 is 0.882 bits per heavy atom. The normalized spacial score (nSPS) is 30.1. The Labute approximate surface area is 463 Å². The first-order valence-electron chi connectivity index (χ1n) is 21.0. The number of carbonyl (C=O) groups is 5. The van der Waals surface area contributed by atoms with Gasteiger partial charge in [0.25, 0.3) is 5.91 Å². The van der Waals surface area contributed by atoms with Crippen molar-refractivity contribution in [1.29, 1.82) is 0 Å². The number of ether oxygens (including phenoxy) is 6. The third-order valence-corrected chi connectivity index (χ3v) is 14.2. The number of hydrogen-bond acceptors (Lipinski definition) is 16. The van der Waals surface area contributed by atoms with Crippen LogP contribution in [0.2, 0.25) is 0 Å². The molecule has 1 aliphatic heterocycles. The van der Waals surface area contributed by atoms with Gasteiger partial charge in [0.05, 0.1) is 36.9 Å². The molecule has 11 atom stereocenters. The zero-order valence-electron chi connectivity index (χ0n) is 37.8. The number of aliphatic hydroxyl groups is 3. The predicted octanol–water partition coefficient (Wildman–Crippen LogP) is 3.48. The van der Waals surface area contributed by atoms with E-state index in [1.165, 1.54) is 52.0 Å². The number of benzene rings is 3. The maximum absolute atomic E-state index is 15.3. The Hall–Kier alpha value is -2.46. The molecular weight excluding hydrogens is 1340 g/mol. The zero-order chi connectivity index (χ0) is 48.0. The summed E-state index contributed by atoms with van der Waals surface area (Å²) < 4.78 is 50.7. The summed E-state index contributed by atoms with van der Waals surface area (Å²) in [6.07, 6.45) is -12.5. The van der Waals surface area contributed by atoms with Crippen molar-refractivity contribution in [3.8, 4) is 0 Å². The van der Waals surface area contributed by atoms with Gasteiger partial charge in [0.2, 0.25) is 6.10 Å². The van der Waals surface area contributed by atoms with E-state index in [0.29, 0.717) is 5.56 Å². The largest absolute Gasteiger partial charge is 0.508 e. The van der Waals surface area contributed by atoms with E-state index in [1.54, 1.807) is 66.7 Å². The topological polar surface area (TPSA) is 280 Å². The number of aliphatic hydroxyl groups excluding tert-OH is 1. The monoisotopic (exact) mass is 1390 g/mol. The molecule has 68 heavy (non-hydrogen) atoms. The van der Waals surface area contributed by atoms with Crippen LogP contribution in [0.15, 0.2) is 102 Å². The fourth-order valence-corrected chi connectivity index (χ4v) is 10.4. The molecule has 22 heteroatoms. The van der Waals surface area contributed by atoms with E-state index in [2.05, 4.69) is 9.84 Å². The summed E-state index contributed by atoms with van der Waals surface area (Å²) in [7, 11) is -4.11. The van der Waals surface area contributed by atoms with Gasteiger partial charge in [-0.25, -0.2) is 18.9 Å². The molecular formula is C46H52Ac2NO18P. The molecule has 19 nitrogen and oxygen atoms in total. The molecule has 360 valence electrons. The van der Waals surface area contributed by atoms with E-state index in [-0.39, 0.29) is 117 Å². The van der Waals surface area contributed by atoms with Crippen LogP contribution in [0.5, 0.6) is 0 Å². The number of methoxy groups -OCH3 is 1. The molecule has 1 saturated heterocycles. The number of phosphoric ester groups is 1. The number of ketones is 1. The summed E-state index contributed by atoms with van der Waals surface area (Å²) in [5, 5.41) is 41.4. The summed E-state index contributed by atoms with van der Waals surface area (Å²) in [5.74, 6) is -5.63. The molecule has 1 amide bonds. The minimum Gasteiger partial charge on any atom is -0.455 e. The molecule has 1 heterocycles. The van der Waals surface area contributed by atoms with Crippen molar-refractivity contribution in [3.63, 3.8) is 0 Å². The van der Waals surface area contributed by atoms with E-state index < -0.39 is 128 Å². The van der Waals surface area contributed by atoms with Crippen LogP contribution in [0.3, 0.4) is 0 Å². The second-order valence-corrected chi connectivity index (χ2v) is 18.9. The number of amides is 1.